The number of hydrogen-bond donors (Lipinski definition) is 1. The molecule has 1 unspecified atom stereocenters. The summed E-state index contributed by atoms with van der Waals surface area (Å²) in [5, 5.41) is 4.74. The van der Waals surface area contributed by atoms with Crippen molar-refractivity contribution in [2.75, 3.05) is 6.54 Å². The first kappa shape index (κ1) is 13.8. The highest BCUT2D eigenvalue weighted by molar-refractivity contribution is 6.42. The number of hydrogen-bond acceptors (Lipinski definition) is 1. The highest BCUT2D eigenvalue weighted by Crippen LogP contribution is 2.31. The van der Waals surface area contributed by atoms with Gasteiger partial charge in [0.15, 0.2) is 0 Å². The number of halogens is 2. The lowest BCUT2D eigenvalue weighted by atomic mass is 9.97. The first-order chi connectivity index (χ1) is 7.52. The molecular formula is C13H19Cl2N. The third kappa shape index (κ3) is 3.97. The molecule has 0 saturated carbocycles. The first-order valence-electron chi connectivity index (χ1n) is 5.69. The Morgan fingerprint density at radius 2 is 1.88 bits per heavy atom. The summed E-state index contributed by atoms with van der Waals surface area (Å²) in [5.74, 6) is 0.428. The summed E-state index contributed by atoms with van der Waals surface area (Å²) in [4.78, 5) is 0. The van der Waals surface area contributed by atoms with Crippen molar-refractivity contribution in [3.05, 3.63) is 33.8 Å². The summed E-state index contributed by atoms with van der Waals surface area (Å²) in [7, 11) is 0. The van der Waals surface area contributed by atoms with E-state index in [-0.39, 0.29) is 0 Å². The molecule has 1 aromatic carbocycles. The Kier molecular flexibility index (Phi) is 5.60. The Morgan fingerprint density at radius 3 is 2.50 bits per heavy atom. The van der Waals surface area contributed by atoms with Crippen LogP contribution in [0.5, 0.6) is 0 Å². The Hall–Kier alpha value is -0.240. The van der Waals surface area contributed by atoms with Crippen LogP contribution < -0.4 is 5.32 Å². The van der Waals surface area contributed by atoms with Crippen LogP contribution in [0.25, 0.3) is 0 Å². The van der Waals surface area contributed by atoms with Crippen LogP contribution in [-0.4, -0.2) is 12.6 Å². The van der Waals surface area contributed by atoms with Gasteiger partial charge in [-0.15, -0.1) is 0 Å². The minimum Gasteiger partial charge on any atom is -0.315 e. The molecule has 3 heteroatoms. The maximum absolute atomic E-state index is 6.18. The molecule has 0 fully saturated rings. The van der Waals surface area contributed by atoms with Crippen molar-refractivity contribution >= 4 is 23.2 Å². The van der Waals surface area contributed by atoms with Crippen molar-refractivity contribution in [1.82, 2.24) is 5.32 Å². The Morgan fingerprint density at radius 1 is 1.19 bits per heavy atom. The van der Waals surface area contributed by atoms with Crippen molar-refractivity contribution < 1.29 is 0 Å². The summed E-state index contributed by atoms with van der Waals surface area (Å²) >= 11 is 12.2. The van der Waals surface area contributed by atoms with Crippen molar-refractivity contribution in [2.45, 2.75) is 39.2 Å². The molecule has 90 valence electrons. The van der Waals surface area contributed by atoms with Gasteiger partial charge in [-0.05, 0) is 30.5 Å². The van der Waals surface area contributed by atoms with Gasteiger partial charge in [0.2, 0.25) is 0 Å². The lowest BCUT2D eigenvalue weighted by Crippen LogP contribution is -2.24. The third-order valence-corrected chi connectivity index (χ3v) is 3.48. The molecule has 0 spiro atoms. The molecule has 1 aromatic rings. The summed E-state index contributed by atoms with van der Waals surface area (Å²) in [6.07, 6.45) is 1.07. The monoisotopic (exact) mass is 259 g/mol. The van der Waals surface area contributed by atoms with Crippen LogP contribution in [0.15, 0.2) is 18.2 Å². The van der Waals surface area contributed by atoms with Gasteiger partial charge in [-0.3, -0.25) is 0 Å². The van der Waals surface area contributed by atoms with E-state index in [2.05, 4.69) is 26.1 Å². The van der Waals surface area contributed by atoms with Gasteiger partial charge >= 0.3 is 0 Å². The largest absolute Gasteiger partial charge is 0.315 e. The minimum absolute atomic E-state index is 0.428. The van der Waals surface area contributed by atoms with E-state index in [1.54, 1.807) is 0 Å². The molecule has 1 rings (SSSR count). The van der Waals surface area contributed by atoms with Crippen LogP contribution in [-0.2, 0) is 0 Å². The quantitative estimate of drug-likeness (QED) is 0.822. The third-order valence-electron chi connectivity index (χ3n) is 2.64. The smallest absolute Gasteiger partial charge is 0.0626 e. The molecule has 16 heavy (non-hydrogen) atoms. The average Bonchev–Trinajstić information content (AvgIpc) is 2.21. The van der Waals surface area contributed by atoms with E-state index < -0.39 is 0 Å². The van der Waals surface area contributed by atoms with Crippen molar-refractivity contribution in [2.24, 2.45) is 0 Å². The van der Waals surface area contributed by atoms with Crippen molar-refractivity contribution in [3.8, 4) is 0 Å². The summed E-state index contributed by atoms with van der Waals surface area (Å²) in [6, 6.07) is 6.36. The van der Waals surface area contributed by atoms with Gasteiger partial charge in [-0.1, -0.05) is 56.1 Å². The van der Waals surface area contributed by atoms with E-state index in [0.717, 1.165) is 18.5 Å². The highest BCUT2D eigenvalue weighted by Gasteiger charge is 2.11. The maximum atomic E-state index is 6.18. The van der Waals surface area contributed by atoms with Gasteiger partial charge < -0.3 is 5.32 Å². The van der Waals surface area contributed by atoms with Crippen LogP contribution in [0, 0.1) is 0 Å². The van der Waals surface area contributed by atoms with Crippen molar-refractivity contribution in [3.63, 3.8) is 0 Å². The molecule has 1 N–H and O–H groups in total. The Balaban J connectivity index is 2.59. The molecule has 0 aliphatic rings. The fraction of sp³-hybridized carbons (Fsp3) is 0.538. The molecule has 0 radical (unpaired) electrons. The summed E-state index contributed by atoms with van der Waals surface area (Å²) in [5.41, 5.74) is 1.14. The lowest BCUT2D eigenvalue weighted by Gasteiger charge is -2.15. The molecule has 0 aliphatic heterocycles. The van der Waals surface area contributed by atoms with Crippen LogP contribution in [0.1, 0.15) is 38.7 Å². The van der Waals surface area contributed by atoms with Crippen LogP contribution in [0.2, 0.25) is 10.0 Å². The van der Waals surface area contributed by atoms with E-state index >= 15 is 0 Å². The predicted octanol–water partition coefficient (Wildman–Crippen LogP) is 4.49. The van der Waals surface area contributed by atoms with E-state index in [9.17, 15) is 0 Å². The van der Waals surface area contributed by atoms with Crippen LogP contribution in [0.4, 0.5) is 0 Å². The predicted molar refractivity (Wildman–Crippen MR) is 72.6 cm³/mol. The van der Waals surface area contributed by atoms with Gasteiger partial charge in [-0.25, -0.2) is 0 Å². The molecule has 0 aliphatic carbocycles. The number of benzene rings is 1. The highest BCUT2D eigenvalue weighted by atomic mass is 35.5. The van der Waals surface area contributed by atoms with E-state index in [4.69, 9.17) is 23.2 Å². The molecule has 1 nitrogen and oxygen atoms in total. The first-order valence-corrected chi connectivity index (χ1v) is 6.45. The topological polar surface area (TPSA) is 12.0 Å². The number of nitrogens with one attached hydrogen (secondary N) is 1. The standard InChI is InChI=1S/C13H19Cl2N/c1-9(2)16-8-7-10(3)11-5-4-6-12(14)13(11)15/h4-6,9-10,16H,7-8H2,1-3H3. The Bertz CT molecular complexity index is 337. The molecular weight excluding hydrogens is 241 g/mol. The van der Waals surface area contributed by atoms with Gasteiger partial charge in [-0.2, -0.15) is 0 Å². The second-order valence-corrected chi connectivity index (χ2v) is 5.23. The number of rotatable bonds is 5. The molecule has 0 saturated heterocycles. The second-order valence-electron chi connectivity index (χ2n) is 4.44. The molecule has 1 atom stereocenters. The average molecular weight is 260 g/mol. The normalized spacial score (nSPS) is 13.1. The fourth-order valence-corrected chi connectivity index (χ4v) is 2.14. The van der Waals surface area contributed by atoms with Crippen molar-refractivity contribution in [1.29, 1.82) is 0 Å². The molecule has 0 heterocycles. The summed E-state index contributed by atoms with van der Waals surface area (Å²) < 4.78 is 0. The van der Waals surface area contributed by atoms with E-state index in [0.29, 0.717) is 22.0 Å². The van der Waals surface area contributed by atoms with Crippen LogP contribution >= 0.6 is 23.2 Å². The molecule has 0 aromatic heterocycles. The van der Waals surface area contributed by atoms with Gasteiger partial charge in [0.25, 0.3) is 0 Å². The van der Waals surface area contributed by atoms with E-state index in [1.165, 1.54) is 0 Å². The fourth-order valence-electron chi connectivity index (χ4n) is 1.65. The molecule has 0 amide bonds. The maximum Gasteiger partial charge on any atom is 0.0626 e. The zero-order valence-electron chi connectivity index (χ0n) is 10.1. The van der Waals surface area contributed by atoms with Gasteiger partial charge in [0.1, 0.15) is 0 Å². The zero-order valence-corrected chi connectivity index (χ0v) is 11.6. The minimum atomic E-state index is 0.428. The SMILES string of the molecule is CC(C)NCCC(C)c1cccc(Cl)c1Cl. The summed E-state index contributed by atoms with van der Waals surface area (Å²) in [6.45, 7) is 7.48. The zero-order chi connectivity index (χ0) is 12.1. The van der Waals surface area contributed by atoms with E-state index in [1.807, 2.05) is 18.2 Å². The van der Waals surface area contributed by atoms with Gasteiger partial charge in [0, 0.05) is 6.04 Å². The Labute approximate surface area is 108 Å². The lowest BCUT2D eigenvalue weighted by molar-refractivity contribution is 0.541. The van der Waals surface area contributed by atoms with Gasteiger partial charge in [0.05, 0.1) is 10.0 Å². The van der Waals surface area contributed by atoms with Crippen LogP contribution in [0.3, 0.4) is 0 Å². The second kappa shape index (κ2) is 6.48. The molecule has 0 bridgehead atoms.